The Labute approximate surface area is 163 Å². The minimum absolute atomic E-state index is 0.0317. The van der Waals surface area contributed by atoms with Gasteiger partial charge < -0.3 is 5.32 Å². The monoisotopic (exact) mass is 405 g/mol. The number of hydrogen-bond donors (Lipinski definition) is 2. The SMILES string of the molecule is CCCCc1[nH]n2nc(-c3ccc(NC(=O)C(C)CP=O)cc3)nc2c1Cl. The molecule has 3 rings (SSSR count). The molecule has 2 N–H and O–H groups in total. The number of aromatic amines is 1. The van der Waals surface area contributed by atoms with E-state index < -0.39 is 0 Å². The second kappa shape index (κ2) is 8.63. The minimum Gasteiger partial charge on any atom is -0.326 e. The van der Waals surface area contributed by atoms with Crippen LogP contribution in [0.25, 0.3) is 17.0 Å². The zero-order valence-corrected chi connectivity index (χ0v) is 16.8. The predicted molar refractivity (Wildman–Crippen MR) is 107 cm³/mol. The summed E-state index contributed by atoms with van der Waals surface area (Å²) in [6.45, 7) is 3.87. The molecule has 27 heavy (non-hydrogen) atoms. The summed E-state index contributed by atoms with van der Waals surface area (Å²) >= 11 is 6.41. The number of unbranched alkanes of at least 4 members (excludes halogenated alkanes) is 1. The zero-order valence-electron chi connectivity index (χ0n) is 15.2. The first-order valence-corrected chi connectivity index (χ1v) is 10.2. The van der Waals surface area contributed by atoms with Crippen molar-refractivity contribution in [2.75, 3.05) is 11.5 Å². The van der Waals surface area contributed by atoms with Gasteiger partial charge in [0.1, 0.15) is 5.02 Å². The quantitative estimate of drug-likeness (QED) is 0.536. The fourth-order valence-corrected chi connectivity index (χ4v) is 3.30. The number of aromatic nitrogens is 4. The highest BCUT2D eigenvalue weighted by atomic mass is 35.5. The van der Waals surface area contributed by atoms with E-state index in [4.69, 9.17) is 11.6 Å². The molecule has 2 heterocycles. The first-order valence-electron chi connectivity index (χ1n) is 8.87. The molecule has 0 saturated carbocycles. The largest absolute Gasteiger partial charge is 0.326 e. The van der Waals surface area contributed by atoms with Crippen LogP contribution in [-0.4, -0.2) is 31.9 Å². The van der Waals surface area contributed by atoms with Gasteiger partial charge in [0, 0.05) is 23.3 Å². The van der Waals surface area contributed by atoms with Crippen molar-refractivity contribution < 1.29 is 9.36 Å². The number of halogens is 1. The Morgan fingerprint density at radius 3 is 2.74 bits per heavy atom. The summed E-state index contributed by atoms with van der Waals surface area (Å²) in [6.07, 6.45) is 3.31. The number of hydrogen-bond acceptors (Lipinski definition) is 4. The van der Waals surface area contributed by atoms with E-state index in [0.717, 1.165) is 30.5 Å². The molecule has 1 aromatic carbocycles. The zero-order chi connectivity index (χ0) is 19.4. The molecule has 0 aliphatic heterocycles. The van der Waals surface area contributed by atoms with Gasteiger partial charge in [-0.3, -0.25) is 14.5 Å². The van der Waals surface area contributed by atoms with Crippen LogP contribution in [0.3, 0.4) is 0 Å². The third-order valence-electron chi connectivity index (χ3n) is 4.30. The van der Waals surface area contributed by atoms with Crippen LogP contribution in [0.5, 0.6) is 0 Å². The Balaban J connectivity index is 1.75. The van der Waals surface area contributed by atoms with E-state index in [2.05, 4.69) is 27.4 Å². The topological polar surface area (TPSA) is 92.2 Å². The molecule has 1 unspecified atom stereocenters. The molecule has 0 aliphatic rings. The second-order valence-corrected chi connectivity index (χ2v) is 7.46. The highest BCUT2D eigenvalue weighted by Crippen LogP contribution is 2.25. The van der Waals surface area contributed by atoms with E-state index in [1.165, 1.54) is 0 Å². The lowest BCUT2D eigenvalue weighted by atomic mass is 10.1. The number of rotatable bonds is 8. The third kappa shape index (κ3) is 4.37. The number of nitrogens with one attached hydrogen (secondary N) is 2. The summed E-state index contributed by atoms with van der Waals surface area (Å²) in [6, 6.07) is 7.26. The van der Waals surface area contributed by atoms with Crippen LogP contribution in [0.1, 0.15) is 32.4 Å². The minimum atomic E-state index is -0.316. The number of carbonyl (C=O) groups excluding carboxylic acids is 1. The van der Waals surface area contributed by atoms with E-state index in [1.54, 1.807) is 23.7 Å². The normalized spacial score (nSPS) is 12.6. The van der Waals surface area contributed by atoms with Gasteiger partial charge in [-0.1, -0.05) is 31.9 Å². The Morgan fingerprint density at radius 2 is 2.11 bits per heavy atom. The molecular weight excluding hydrogens is 385 g/mol. The Kier molecular flexibility index (Phi) is 6.24. The van der Waals surface area contributed by atoms with Crippen molar-refractivity contribution in [1.82, 2.24) is 19.8 Å². The molecule has 9 heteroatoms. The first kappa shape index (κ1) is 19.5. The highest BCUT2D eigenvalue weighted by molar-refractivity contribution is 7.23. The second-order valence-electron chi connectivity index (χ2n) is 6.46. The van der Waals surface area contributed by atoms with E-state index in [-0.39, 0.29) is 20.3 Å². The fraction of sp³-hybridized carbons (Fsp3) is 0.389. The van der Waals surface area contributed by atoms with Gasteiger partial charge in [-0.2, -0.15) is 4.63 Å². The van der Waals surface area contributed by atoms with Crippen molar-refractivity contribution in [2.24, 2.45) is 5.92 Å². The Hall–Kier alpha value is -2.24. The molecule has 1 amide bonds. The standard InChI is InChI=1S/C18H21ClN5O2P/c1-3-4-5-14-15(19)17-21-16(23-24(17)22-14)12-6-8-13(9-7-12)20-18(25)11(2)10-27-26/h6-9,11,22H,3-5,10H2,1-2H3,(H,20,25). The van der Waals surface area contributed by atoms with Gasteiger partial charge in [-0.25, -0.2) is 4.98 Å². The molecule has 0 spiro atoms. The smallest absolute Gasteiger partial charge is 0.227 e. The molecule has 0 aliphatic carbocycles. The molecule has 0 fully saturated rings. The van der Waals surface area contributed by atoms with Crippen LogP contribution in [-0.2, 0) is 15.8 Å². The summed E-state index contributed by atoms with van der Waals surface area (Å²) in [5.41, 5.74) is 3.05. The lowest BCUT2D eigenvalue weighted by Gasteiger charge is -2.09. The van der Waals surface area contributed by atoms with Crippen molar-refractivity contribution in [3.05, 3.63) is 35.0 Å². The maximum atomic E-state index is 12.0. The van der Waals surface area contributed by atoms with Gasteiger partial charge in [0.05, 0.1) is 5.69 Å². The van der Waals surface area contributed by atoms with E-state index in [1.807, 2.05) is 12.1 Å². The predicted octanol–water partition coefficient (Wildman–Crippen LogP) is 4.59. The van der Waals surface area contributed by atoms with Crippen molar-refractivity contribution >= 4 is 37.3 Å². The number of anilines is 1. The Morgan fingerprint density at radius 1 is 1.37 bits per heavy atom. The summed E-state index contributed by atoms with van der Waals surface area (Å²) in [4.78, 5) is 16.5. The number of nitrogens with zero attached hydrogens (tertiary/aromatic N) is 3. The molecule has 0 saturated heterocycles. The number of amides is 1. The summed E-state index contributed by atoms with van der Waals surface area (Å²) < 4.78 is 12.2. The number of fused-ring (bicyclic) bond motifs is 1. The molecule has 1 atom stereocenters. The molecule has 7 nitrogen and oxygen atoms in total. The molecule has 142 valence electrons. The summed E-state index contributed by atoms with van der Waals surface area (Å²) in [5.74, 6) is 0.0797. The van der Waals surface area contributed by atoms with E-state index in [9.17, 15) is 9.36 Å². The molecule has 3 aromatic rings. The van der Waals surface area contributed by atoms with Gasteiger partial charge in [0.15, 0.2) is 19.9 Å². The van der Waals surface area contributed by atoms with Crippen molar-refractivity contribution in [3.8, 4) is 11.4 Å². The van der Waals surface area contributed by atoms with Gasteiger partial charge in [-0.15, -0.1) is 5.10 Å². The summed E-state index contributed by atoms with van der Waals surface area (Å²) in [5, 5.41) is 11.1. The molecule has 0 radical (unpaired) electrons. The van der Waals surface area contributed by atoms with Crippen LogP contribution in [0, 0.1) is 5.92 Å². The van der Waals surface area contributed by atoms with Gasteiger partial charge in [0.2, 0.25) is 5.91 Å². The highest BCUT2D eigenvalue weighted by Gasteiger charge is 2.16. The average Bonchev–Trinajstić information content (AvgIpc) is 3.20. The van der Waals surface area contributed by atoms with E-state index >= 15 is 0 Å². The van der Waals surface area contributed by atoms with Crippen LogP contribution >= 0.6 is 20.1 Å². The van der Waals surface area contributed by atoms with E-state index in [0.29, 0.717) is 28.3 Å². The van der Waals surface area contributed by atoms with Crippen molar-refractivity contribution in [2.45, 2.75) is 33.1 Å². The van der Waals surface area contributed by atoms with Crippen LogP contribution in [0.4, 0.5) is 5.69 Å². The lowest BCUT2D eigenvalue weighted by Crippen LogP contribution is -2.21. The molecule has 2 aromatic heterocycles. The fourth-order valence-electron chi connectivity index (χ4n) is 2.65. The number of aryl methyl sites for hydroxylation is 1. The maximum absolute atomic E-state index is 12.0. The average molecular weight is 406 g/mol. The summed E-state index contributed by atoms with van der Waals surface area (Å²) in [7, 11) is -0.0317. The number of carbonyl (C=O) groups is 1. The number of benzene rings is 1. The van der Waals surface area contributed by atoms with Crippen molar-refractivity contribution in [3.63, 3.8) is 0 Å². The molecule has 0 bridgehead atoms. The molecular formula is C18H21ClN5O2P. The van der Waals surface area contributed by atoms with Crippen molar-refractivity contribution in [1.29, 1.82) is 0 Å². The van der Waals surface area contributed by atoms with Gasteiger partial charge >= 0.3 is 0 Å². The third-order valence-corrected chi connectivity index (χ3v) is 5.39. The maximum Gasteiger partial charge on any atom is 0.227 e. The first-order chi connectivity index (χ1) is 13.0. The van der Waals surface area contributed by atoms with Crippen LogP contribution < -0.4 is 5.32 Å². The van der Waals surface area contributed by atoms with Gasteiger partial charge in [0.25, 0.3) is 0 Å². The van der Waals surface area contributed by atoms with Crippen LogP contribution in [0.2, 0.25) is 5.02 Å². The van der Waals surface area contributed by atoms with Gasteiger partial charge in [-0.05, 0) is 37.1 Å². The number of H-pyrrole nitrogens is 1. The van der Waals surface area contributed by atoms with Crippen LogP contribution in [0.15, 0.2) is 24.3 Å². The Bertz CT molecular complexity index is 951. The lowest BCUT2D eigenvalue weighted by molar-refractivity contribution is -0.118.